The molecule has 1 aliphatic heterocycles. The van der Waals surface area contributed by atoms with Gasteiger partial charge in [-0.15, -0.1) is 0 Å². The van der Waals surface area contributed by atoms with E-state index in [-0.39, 0.29) is 12.1 Å². The Morgan fingerprint density at radius 2 is 1.92 bits per heavy atom. The molecule has 2 aromatic rings. The summed E-state index contributed by atoms with van der Waals surface area (Å²) in [6, 6.07) is 9.51. The van der Waals surface area contributed by atoms with Crippen LogP contribution in [-0.4, -0.2) is 39.0 Å². The van der Waals surface area contributed by atoms with Crippen molar-refractivity contribution in [2.45, 2.75) is 31.2 Å². The van der Waals surface area contributed by atoms with Gasteiger partial charge < -0.3 is 9.47 Å². The van der Waals surface area contributed by atoms with E-state index in [0.717, 1.165) is 5.56 Å². The third-order valence-electron chi connectivity index (χ3n) is 3.96. The van der Waals surface area contributed by atoms with Gasteiger partial charge in [-0.2, -0.15) is 11.3 Å². The molecule has 24 heavy (non-hydrogen) atoms. The zero-order chi connectivity index (χ0) is 17.2. The van der Waals surface area contributed by atoms with E-state index in [0.29, 0.717) is 19.0 Å². The van der Waals surface area contributed by atoms with Crippen LogP contribution in [0.4, 0.5) is 0 Å². The topological polar surface area (TPSA) is 64.6 Å². The Balaban J connectivity index is 1.66. The third-order valence-corrected chi connectivity index (χ3v) is 6.52. The molecule has 130 valence electrons. The van der Waals surface area contributed by atoms with Crippen LogP contribution < -0.4 is 9.46 Å². The SMILES string of the molecule is CC(C)S(=O)(=O)N[C@H]1COC[C@H]1Oc1ccc(-c2ccsc2)cc1. The predicted molar refractivity (Wildman–Crippen MR) is 96.0 cm³/mol. The molecule has 3 rings (SSSR count). The summed E-state index contributed by atoms with van der Waals surface area (Å²) in [4.78, 5) is 0. The molecule has 0 bridgehead atoms. The Hall–Kier alpha value is -1.41. The molecule has 0 unspecified atom stereocenters. The molecule has 2 heterocycles. The third kappa shape index (κ3) is 3.97. The average molecular weight is 367 g/mol. The number of benzene rings is 1. The Morgan fingerprint density at radius 3 is 2.54 bits per heavy atom. The number of rotatable bonds is 6. The van der Waals surface area contributed by atoms with Gasteiger partial charge in [0, 0.05) is 0 Å². The van der Waals surface area contributed by atoms with Gasteiger partial charge in [0.05, 0.1) is 24.5 Å². The normalized spacial score (nSPS) is 21.3. The van der Waals surface area contributed by atoms with Crippen LogP contribution in [-0.2, 0) is 14.8 Å². The van der Waals surface area contributed by atoms with Gasteiger partial charge in [0.2, 0.25) is 10.0 Å². The van der Waals surface area contributed by atoms with E-state index in [4.69, 9.17) is 9.47 Å². The second kappa shape index (κ2) is 7.23. The Bertz CT molecular complexity index is 754. The molecule has 1 aromatic heterocycles. The fourth-order valence-corrected chi connectivity index (χ4v) is 4.02. The molecule has 1 aromatic carbocycles. The number of sulfonamides is 1. The summed E-state index contributed by atoms with van der Waals surface area (Å²) in [5.41, 5.74) is 2.31. The Morgan fingerprint density at radius 1 is 1.17 bits per heavy atom. The molecule has 1 N–H and O–H groups in total. The lowest BCUT2D eigenvalue weighted by Crippen LogP contribution is -2.47. The van der Waals surface area contributed by atoms with Crippen molar-refractivity contribution in [3.05, 3.63) is 41.1 Å². The van der Waals surface area contributed by atoms with Crippen molar-refractivity contribution in [2.75, 3.05) is 13.2 Å². The molecule has 7 heteroatoms. The average Bonchev–Trinajstić information content (AvgIpc) is 3.20. The maximum absolute atomic E-state index is 12.0. The summed E-state index contributed by atoms with van der Waals surface area (Å²) >= 11 is 1.66. The van der Waals surface area contributed by atoms with E-state index in [9.17, 15) is 8.42 Å². The maximum atomic E-state index is 12.0. The lowest BCUT2D eigenvalue weighted by Gasteiger charge is -2.21. The molecule has 0 spiro atoms. The first-order chi connectivity index (χ1) is 11.5. The van der Waals surface area contributed by atoms with E-state index < -0.39 is 15.3 Å². The van der Waals surface area contributed by atoms with Crippen molar-refractivity contribution >= 4 is 21.4 Å². The molecule has 0 amide bonds. The van der Waals surface area contributed by atoms with Gasteiger partial charge in [0.15, 0.2) is 0 Å². The highest BCUT2D eigenvalue weighted by Gasteiger charge is 2.34. The minimum Gasteiger partial charge on any atom is -0.486 e. The van der Waals surface area contributed by atoms with Crippen molar-refractivity contribution in [1.29, 1.82) is 0 Å². The van der Waals surface area contributed by atoms with Crippen LogP contribution in [0.3, 0.4) is 0 Å². The first-order valence-electron chi connectivity index (χ1n) is 7.84. The van der Waals surface area contributed by atoms with Crippen molar-refractivity contribution in [3.8, 4) is 16.9 Å². The van der Waals surface area contributed by atoms with Crippen LogP contribution in [0.5, 0.6) is 5.75 Å². The first kappa shape index (κ1) is 17.4. The molecule has 1 aliphatic rings. The first-order valence-corrected chi connectivity index (χ1v) is 10.3. The van der Waals surface area contributed by atoms with Crippen LogP contribution in [0.25, 0.3) is 11.1 Å². The van der Waals surface area contributed by atoms with Crippen LogP contribution in [0.15, 0.2) is 41.1 Å². The highest BCUT2D eigenvalue weighted by atomic mass is 32.2. The fourth-order valence-electron chi connectivity index (χ4n) is 2.44. The molecule has 2 atom stereocenters. The lowest BCUT2D eigenvalue weighted by atomic mass is 10.1. The second-order valence-corrected chi connectivity index (χ2v) is 9.10. The number of thiophene rings is 1. The van der Waals surface area contributed by atoms with Crippen molar-refractivity contribution in [1.82, 2.24) is 4.72 Å². The zero-order valence-corrected chi connectivity index (χ0v) is 15.3. The van der Waals surface area contributed by atoms with Crippen LogP contribution in [0.2, 0.25) is 0 Å². The quantitative estimate of drug-likeness (QED) is 0.853. The molecule has 0 radical (unpaired) electrons. The van der Waals surface area contributed by atoms with Crippen LogP contribution >= 0.6 is 11.3 Å². The molecular weight excluding hydrogens is 346 g/mol. The van der Waals surface area contributed by atoms with Crippen LogP contribution in [0, 0.1) is 0 Å². The van der Waals surface area contributed by atoms with Crippen molar-refractivity contribution in [3.63, 3.8) is 0 Å². The Kier molecular flexibility index (Phi) is 5.24. The molecule has 5 nitrogen and oxygen atoms in total. The van der Waals surface area contributed by atoms with Crippen molar-refractivity contribution < 1.29 is 17.9 Å². The number of ether oxygens (including phenoxy) is 2. The predicted octanol–water partition coefficient (Wildman–Crippen LogP) is 2.89. The summed E-state index contributed by atoms with van der Waals surface area (Å²) in [5, 5.41) is 3.65. The van der Waals surface area contributed by atoms with Gasteiger partial charge in [0.25, 0.3) is 0 Å². The molecule has 1 saturated heterocycles. The fraction of sp³-hybridized carbons (Fsp3) is 0.412. The van der Waals surface area contributed by atoms with Gasteiger partial charge >= 0.3 is 0 Å². The summed E-state index contributed by atoms with van der Waals surface area (Å²) < 4.78 is 38.1. The summed E-state index contributed by atoms with van der Waals surface area (Å²) in [5.74, 6) is 0.707. The smallest absolute Gasteiger partial charge is 0.214 e. The number of hydrogen-bond acceptors (Lipinski definition) is 5. The summed E-state index contributed by atoms with van der Waals surface area (Å²) in [7, 11) is -3.35. The maximum Gasteiger partial charge on any atom is 0.214 e. The standard InChI is InChI=1S/C17H21NO4S2/c1-12(2)24(19,20)18-16-9-21-10-17(16)22-15-5-3-13(4-6-15)14-7-8-23-11-14/h3-8,11-12,16-18H,9-10H2,1-2H3/t16-,17+/m0/s1. The van der Waals surface area contributed by atoms with E-state index >= 15 is 0 Å². The zero-order valence-electron chi connectivity index (χ0n) is 13.6. The highest BCUT2D eigenvalue weighted by Crippen LogP contribution is 2.25. The van der Waals surface area contributed by atoms with E-state index in [1.54, 1.807) is 25.2 Å². The summed E-state index contributed by atoms with van der Waals surface area (Å²) in [6.07, 6.45) is -0.328. The number of nitrogens with one attached hydrogen (secondary N) is 1. The number of hydrogen-bond donors (Lipinski definition) is 1. The lowest BCUT2D eigenvalue weighted by molar-refractivity contribution is 0.140. The molecule has 0 saturated carbocycles. The van der Waals surface area contributed by atoms with E-state index in [1.165, 1.54) is 5.56 Å². The monoisotopic (exact) mass is 367 g/mol. The van der Waals surface area contributed by atoms with Gasteiger partial charge in [0.1, 0.15) is 11.9 Å². The van der Waals surface area contributed by atoms with Gasteiger partial charge in [-0.3, -0.25) is 0 Å². The van der Waals surface area contributed by atoms with Crippen LogP contribution in [0.1, 0.15) is 13.8 Å². The van der Waals surface area contributed by atoms with Gasteiger partial charge in [-0.1, -0.05) is 12.1 Å². The molecular formula is C17H21NO4S2. The van der Waals surface area contributed by atoms with E-state index in [2.05, 4.69) is 16.2 Å². The van der Waals surface area contributed by atoms with E-state index in [1.807, 2.05) is 29.6 Å². The van der Waals surface area contributed by atoms with Gasteiger partial charge in [-0.25, -0.2) is 13.1 Å². The van der Waals surface area contributed by atoms with Gasteiger partial charge in [-0.05, 0) is 53.9 Å². The summed E-state index contributed by atoms with van der Waals surface area (Å²) in [6.45, 7) is 4.00. The molecule has 0 aliphatic carbocycles. The minimum absolute atomic E-state index is 0.323. The Labute approximate surface area is 146 Å². The largest absolute Gasteiger partial charge is 0.486 e. The molecule has 1 fully saturated rings. The minimum atomic E-state index is -3.35. The second-order valence-electron chi connectivity index (χ2n) is 6.05. The van der Waals surface area contributed by atoms with Crippen molar-refractivity contribution in [2.24, 2.45) is 0 Å². The highest BCUT2D eigenvalue weighted by molar-refractivity contribution is 7.90.